The number of ketones is 1. The summed E-state index contributed by atoms with van der Waals surface area (Å²) in [4.78, 5) is 15.1. The zero-order valence-electron chi connectivity index (χ0n) is 10.6. The Bertz CT molecular complexity index is 555. The third-order valence-corrected chi connectivity index (χ3v) is 4.12. The number of carbonyl (C=O) groups excluding carboxylic acids is 1. The van der Waals surface area contributed by atoms with Gasteiger partial charge in [0, 0.05) is 29.4 Å². The van der Waals surface area contributed by atoms with Gasteiger partial charge in [0.05, 0.1) is 0 Å². The first kappa shape index (κ1) is 11.5. The Morgan fingerprint density at radius 3 is 3.00 bits per heavy atom. The summed E-state index contributed by atoms with van der Waals surface area (Å²) in [5.41, 5.74) is 2.55. The molecule has 1 unspecified atom stereocenters. The average molecular weight is 241 g/mol. The first-order chi connectivity index (χ1) is 8.84. The second-order valence-electron chi connectivity index (χ2n) is 5.31. The normalized spacial score (nSPS) is 20.4. The number of aryl methyl sites for hydroxylation is 1. The molecule has 1 heterocycles. The molecule has 0 aliphatic heterocycles. The van der Waals surface area contributed by atoms with E-state index in [9.17, 15) is 4.79 Å². The van der Waals surface area contributed by atoms with Gasteiger partial charge < -0.3 is 4.98 Å². The Morgan fingerprint density at radius 2 is 2.11 bits per heavy atom. The molecule has 0 amide bonds. The van der Waals surface area contributed by atoms with Crippen LogP contribution in [0.15, 0.2) is 30.5 Å². The SMILES string of the molecule is O=C1CCCCC1CCc1c[nH]c2ccccc12. The topological polar surface area (TPSA) is 32.9 Å². The molecule has 1 aromatic carbocycles. The van der Waals surface area contributed by atoms with Crippen molar-refractivity contribution in [2.75, 3.05) is 0 Å². The van der Waals surface area contributed by atoms with Crippen LogP contribution in [0.25, 0.3) is 10.9 Å². The summed E-state index contributed by atoms with van der Waals surface area (Å²) in [5, 5.41) is 1.31. The van der Waals surface area contributed by atoms with Crippen molar-refractivity contribution < 1.29 is 4.79 Å². The quantitative estimate of drug-likeness (QED) is 0.869. The largest absolute Gasteiger partial charge is 0.361 e. The number of nitrogens with one attached hydrogen (secondary N) is 1. The molecule has 3 rings (SSSR count). The number of para-hydroxylation sites is 1. The number of benzene rings is 1. The van der Waals surface area contributed by atoms with Gasteiger partial charge in [-0.2, -0.15) is 0 Å². The second-order valence-corrected chi connectivity index (χ2v) is 5.31. The van der Waals surface area contributed by atoms with E-state index in [2.05, 4.69) is 29.4 Å². The summed E-state index contributed by atoms with van der Waals surface area (Å²) in [6.45, 7) is 0. The molecule has 2 aromatic rings. The molecule has 1 aromatic heterocycles. The molecule has 1 aliphatic carbocycles. The van der Waals surface area contributed by atoms with Crippen molar-refractivity contribution in [3.63, 3.8) is 0 Å². The van der Waals surface area contributed by atoms with Crippen LogP contribution in [0.4, 0.5) is 0 Å². The van der Waals surface area contributed by atoms with Crippen LogP contribution in [0.2, 0.25) is 0 Å². The van der Waals surface area contributed by atoms with Crippen molar-refractivity contribution in [1.82, 2.24) is 4.98 Å². The number of Topliss-reactive ketones (excluding diaryl/α,β-unsaturated/α-hetero) is 1. The number of hydrogen-bond donors (Lipinski definition) is 1. The van der Waals surface area contributed by atoms with Crippen LogP contribution in [0.5, 0.6) is 0 Å². The van der Waals surface area contributed by atoms with Crippen molar-refractivity contribution in [3.05, 3.63) is 36.0 Å². The van der Waals surface area contributed by atoms with E-state index in [1.165, 1.54) is 22.9 Å². The van der Waals surface area contributed by atoms with Crippen LogP contribution >= 0.6 is 0 Å². The minimum absolute atomic E-state index is 0.312. The number of rotatable bonds is 3. The van der Waals surface area contributed by atoms with E-state index in [1.54, 1.807) is 0 Å². The van der Waals surface area contributed by atoms with Crippen molar-refractivity contribution in [1.29, 1.82) is 0 Å². The minimum Gasteiger partial charge on any atom is -0.361 e. The fourth-order valence-corrected chi connectivity index (χ4v) is 3.03. The molecule has 94 valence electrons. The van der Waals surface area contributed by atoms with Gasteiger partial charge in [-0.05, 0) is 37.3 Å². The number of aromatic nitrogens is 1. The van der Waals surface area contributed by atoms with Gasteiger partial charge in [0.1, 0.15) is 5.78 Å². The van der Waals surface area contributed by atoms with E-state index in [0.717, 1.165) is 32.1 Å². The molecule has 0 spiro atoms. The number of fused-ring (bicyclic) bond motifs is 1. The number of carbonyl (C=O) groups is 1. The molecule has 18 heavy (non-hydrogen) atoms. The monoisotopic (exact) mass is 241 g/mol. The van der Waals surface area contributed by atoms with Gasteiger partial charge in [-0.3, -0.25) is 4.79 Å². The molecule has 0 radical (unpaired) electrons. The van der Waals surface area contributed by atoms with Gasteiger partial charge >= 0.3 is 0 Å². The summed E-state index contributed by atoms with van der Waals surface area (Å²) in [5.74, 6) is 0.800. The summed E-state index contributed by atoms with van der Waals surface area (Å²) >= 11 is 0. The van der Waals surface area contributed by atoms with E-state index in [4.69, 9.17) is 0 Å². The zero-order valence-corrected chi connectivity index (χ0v) is 10.6. The molecule has 1 aliphatic rings. The van der Waals surface area contributed by atoms with Gasteiger partial charge in [0.25, 0.3) is 0 Å². The van der Waals surface area contributed by atoms with Crippen molar-refractivity contribution in [2.24, 2.45) is 5.92 Å². The molecule has 1 atom stereocenters. The van der Waals surface area contributed by atoms with Crippen LogP contribution in [0.1, 0.15) is 37.7 Å². The number of aromatic amines is 1. The lowest BCUT2D eigenvalue weighted by Crippen LogP contribution is -2.19. The maximum atomic E-state index is 11.8. The van der Waals surface area contributed by atoms with E-state index in [0.29, 0.717) is 11.7 Å². The molecule has 1 saturated carbocycles. The maximum Gasteiger partial charge on any atom is 0.135 e. The van der Waals surface area contributed by atoms with Crippen LogP contribution in [0, 0.1) is 5.92 Å². The zero-order chi connectivity index (χ0) is 12.4. The lowest BCUT2D eigenvalue weighted by molar-refractivity contribution is -0.124. The molecule has 0 bridgehead atoms. The van der Waals surface area contributed by atoms with Crippen molar-refractivity contribution >= 4 is 16.7 Å². The van der Waals surface area contributed by atoms with Crippen LogP contribution in [0.3, 0.4) is 0 Å². The molecular weight excluding hydrogens is 222 g/mol. The average Bonchev–Trinajstić information content (AvgIpc) is 2.81. The van der Waals surface area contributed by atoms with Crippen LogP contribution in [-0.2, 0) is 11.2 Å². The lowest BCUT2D eigenvalue weighted by atomic mass is 9.84. The first-order valence-electron chi connectivity index (χ1n) is 6.92. The molecule has 0 saturated heterocycles. The lowest BCUT2D eigenvalue weighted by Gasteiger charge is -2.19. The Kier molecular flexibility index (Phi) is 3.18. The summed E-state index contributed by atoms with van der Waals surface area (Å²) in [6, 6.07) is 8.38. The summed E-state index contributed by atoms with van der Waals surface area (Å²) in [7, 11) is 0. The molecule has 1 N–H and O–H groups in total. The van der Waals surface area contributed by atoms with E-state index in [-0.39, 0.29) is 0 Å². The van der Waals surface area contributed by atoms with Gasteiger partial charge in [-0.1, -0.05) is 24.6 Å². The first-order valence-corrected chi connectivity index (χ1v) is 6.92. The molecule has 2 heteroatoms. The smallest absolute Gasteiger partial charge is 0.135 e. The fourth-order valence-electron chi connectivity index (χ4n) is 3.03. The molecule has 1 fully saturated rings. The standard InChI is InChI=1S/C16H19NO/c18-16-8-4-1-5-12(16)9-10-13-11-17-15-7-3-2-6-14(13)15/h2-3,6-7,11-12,17H,1,4-5,8-10H2. The van der Waals surface area contributed by atoms with Gasteiger partial charge in [-0.15, -0.1) is 0 Å². The molecular formula is C16H19NO. The summed E-state index contributed by atoms with van der Waals surface area (Å²) < 4.78 is 0. The van der Waals surface area contributed by atoms with Crippen LogP contribution in [-0.4, -0.2) is 10.8 Å². The Labute approximate surface area is 107 Å². The number of H-pyrrole nitrogens is 1. The fraction of sp³-hybridized carbons (Fsp3) is 0.438. The van der Waals surface area contributed by atoms with Crippen molar-refractivity contribution in [2.45, 2.75) is 38.5 Å². The van der Waals surface area contributed by atoms with Gasteiger partial charge in [0.15, 0.2) is 0 Å². The Morgan fingerprint density at radius 1 is 1.22 bits per heavy atom. The minimum atomic E-state index is 0.312. The van der Waals surface area contributed by atoms with Crippen molar-refractivity contribution in [3.8, 4) is 0 Å². The summed E-state index contributed by atoms with van der Waals surface area (Å²) in [6.07, 6.45) is 8.35. The van der Waals surface area contributed by atoms with Crippen LogP contribution < -0.4 is 0 Å². The highest BCUT2D eigenvalue weighted by Gasteiger charge is 2.21. The predicted octanol–water partition coefficient (Wildman–Crippen LogP) is 3.86. The Balaban J connectivity index is 1.71. The highest BCUT2D eigenvalue weighted by atomic mass is 16.1. The molecule has 2 nitrogen and oxygen atoms in total. The third kappa shape index (κ3) is 2.20. The van der Waals surface area contributed by atoms with Gasteiger partial charge in [0.2, 0.25) is 0 Å². The highest BCUT2D eigenvalue weighted by molar-refractivity contribution is 5.83. The second kappa shape index (κ2) is 4.97. The predicted molar refractivity (Wildman–Crippen MR) is 73.6 cm³/mol. The number of hydrogen-bond acceptors (Lipinski definition) is 1. The highest BCUT2D eigenvalue weighted by Crippen LogP contribution is 2.26. The van der Waals surface area contributed by atoms with E-state index >= 15 is 0 Å². The third-order valence-electron chi connectivity index (χ3n) is 4.12. The van der Waals surface area contributed by atoms with E-state index < -0.39 is 0 Å². The Hall–Kier alpha value is -1.57. The van der Waals surface area contributed by atoms with E-state index in [1.807, 2.05) is 6.07 Å². The maximum absolute atomic E-state index is 11.8. The van der Waals surface area contributed by atoms with Gasteiger partial charge in [-0.25, -0.2) is 0 Å².